The van der Waals surface area contributed by atoms with E-state index in [9.17, 15) is 18.0 Å². The molecule has 1 aliphatic rings. The average molecular weight is 435 g/mol. The fourth-order valence-corrected chi connectivity index (χ4v) is 4.30. The van der Waals surface area contributed by atoms with Crippen LogP contribution in [0.4, 0.5) is 18.3 Å². The Kier molecular flexibility index (Phi) is 6.03. The minimum atomic E-state index is -4.51. The van der Waals surface area contributed by atoms with Gasteiger partial charge in [0.05, 0.1) is 29.0 Å². The maximum atomic E-state index is 13.3. The quantitative estimate of drug-likeness (QED) is 0.600. The van der Waals surface area contributed by atoms with Crippen molar-refractivity contribution in [2.24, 2.45) is 0 Å². The largest absolute Gasteiger partial charge is 0.416 e. The Morgan fingerprint density at radius 3 is 2.63 bits per heavy atom. The molecule has 0 bridgehead atoms. The molecule has 1 fully saturated rings. The first-order valence-electron chi connectivity index (χ1n) is 9.56. The van der Waals surface area contributed by atoms with E-state index in [4.69, 9.17) is 4.74 Å². The van der Waals surface area contributed by atoms with Crippen LogP contribution in [0.5, 0.6) is 0 Å². The van der Waals surface area contributed by atoms with Gasteiger partial charge >= 0.3 is 6.18 Å². The average Bonchev–Trinajstić information content (AvgIpc) is 3.18. The van der Waals surface area contributed by atoms with E-state index in [0.29, 0.717) is 31.4 Å². The fourth-order valence-electron chi connectivity index (χ4n) is 3.31. The fraction of sp³-hybridized carbons (Fsp3) is 0.333. The summed E-state index contributed by atoms with van der Waals surface area (Å²) in [5.41, 5.74) is -0.0949. The van der Waals surface area contributed by atoms with Gasteiger partial charge in [-0.2, -0.15) is 13.2 Å². The van der Waals surface area contributed by atoms with Crippen LogP contribution in [0.2, 0.25) is 0 Å². The molecule has 0 radical (unpaired) electrons. The lowest BCUT2D eigenvalue weighted by Gasteiger charge is -2.29. The number of para-hydroxylation sites is 1. The van der Waals surface area contributed by atoms with Gasteiger partial charge in [0, 0.05) is 31.7 Å². The number of carbonyl (C=O) groups excluding carboxylic acids is 1. The molecule has 158 valence electrons. The summed E-state index contributed by atoms with van der Waals surface area (Å²) < 4.78 is 45.7. The van der Waals surface area contributed by atoms with Crippen LogP contribution in [-0.2, 0) is 10.9 Å². The smallest absolute Gasteiger partial charge is 0.379 e. The third kappa shape index (κ3) is 4.63. The standard InChI is InChI=1S/C21H20F3N3O2S/c22-21(23,24)16-5-3-4-15(14-16)19(28)27(9-8-26-10-12-29-13-11-26)20-25-17-6-1-2-7-18(17)30-20/h1-7,14H,8-13H2. The number of anilines is 1. The maximum Gasteiger partial charge on any atom is 0.416 e. The van der Waals surface area contributed by atoms with Gasteiger partial charge in [0.25, 0.3) is 5.91 Å². The first kappa shape index (κ1) is 20.8. The van der Waals surface area contributed by atoms with Crippen LogP contribution >= 0.6 is 11.3 Å². The van der Waals surface area contributed by atoms with Crippen LogP contribution in [-0.4, -0.2) is 55.2 Å². The zero-order valence-electron chi connectivity index (χ0n) is 16.1. The SMILES string of the molecule is O=C(c1cccc(C(F)(F)F)c1)N(CCN1CCOCC1)c1nc2ccccc2s1. The number of morpholine rings is 1. The number of rotatable bonds is 5. The number of halogens is 3. The van der Waals surface area contributed by atoms with Crippen molar-refractivity contribution in [2.75, 3.05) is 44.3 Å². The Balaban J connectivity index is 1.64. The highest BCUT2D eigenvalue weighted by molar-refractivity contribution is 7.22. The summed E-state index contributed by atoms with van der Waals surface area (Å²) in [5.74, 6) is -0.492. The number of alkyl halides is 3. The van der Waals surface area contributed by atoms with Gasteiger partial charge in [-0.05, 0) is 30.3 Å². The number of benzene rings is 2. The van der Waals surface area contributed by atoms with Crippen LogP contribution in [0.1, 0.15) is 15.9 Å². The van der Waals surface area contributed by atoms with Gasteiger partial charge in [0.15, 0.2) is 5.13 Å². The molecule has 0 N–H and O–H groups in total. The molecule has 0 spiro atoms. The molecule has 1 saturated heterocycles. The Hall–Kier alpha value is -2.49. The van der Waals surface area contributed by atoms with E-state index in [1.165, 1.54) is 28.4 Å². The Labute approximate surface area is 175 Å². The summed E-state index contributed by atoms with van der Waals surface area (Å²) in [5, 5.41) is 0.479. The molecule has 1 amide bonds. The Morgan fingerprint density at radius 2 is 1.90 bits per heavy atom. The number of amides is 1. The second kappa shape index (κ2) is 8.71. The highest BCUT2D eigenvalue weighted by Gasteiger charge is 2.32. The molecule has 0 saturated carbocycles. The molecule has 9 heteroatoms. The highest BCUT2D eigenvalue weighted by Crippen LogP contribution is 2.32. The second-order valence-corrected chi connectivity index (χ2v) is 7.96. The van der Waals surface area contributed by atoms with E-state index >= 15 is 0 Å². The van der Waals surface area contributed by atoms with E-state index < -0.39 is 17.6 Å². The van der Waals surface area contributed by atoms with E-state index in [-0.39, 0.29) is 5.56 Å². The minimum absolute atomic E-state index is 0.00828. The number of ether oxygens (including phenoxy) is 1. The molecule has 2 heterocycles. The number of nitrogens with zero attached hydrogens (tertiary/aromatic N) is 3. The molecular formula is C21H20F3N3O2S. The monoisotopic (exact) mass is 435 g/mol. The third-order valence-corrected chi connectivity index (χ3v) is 6.00. The summed E-state index contributed by atoms with van der Waals surface area (Å²) in [6.07, 6.45) is -4.51. The molecule has 4 rings (SSSR count). The number of thiazole rings is 1. The predicted octanol–water partition coefficient (Wildman–Crippen LogP) is 4.29. The van der Waals surface area contributed by atoms with Gasteiger partial charge < -0.3 is 4.74 Å². The summed E-state index contributed by atoms with van der Waals surface area (Å²) in [4.78, 5) is 21.5. The topological polar surface area (TPSA) is 45.7 Å². The van der Waals surface area contributed by atoms with Gasteiger partial charge in [-0.1, -0.05) is 29.5 Å². The number of hydrogen-bond donors (Lipinski definition) is 0. The van der Waals surface area contributed by atoms with Gasteiger partial charge in [0.2, 0.25) is 0 Å². The molecule has 0 unspecified atom stereocenters. The van der Waals surface area contributed by atoms with E-state index in [1.807, 2.05) is 24.3 Å². The van der Waals surface area contributed by atoms with Crippen molar-refractivity contribution in [3.8, 4) is 0 Å². The Morgan fingerprint density at radius 1 is 1.13 bits per heavy atom. The van der Waals surface area contributed by atoms with Gasteiger partial charge in [-0.15, -0.1) is 0 Å². The van der Waals surface area contributed by atoms with Gasteiger partial charge in [-0.3, -0.25) is 14.6 Å². The normalized spacial score (nSPS) is 15.4. The van der Waals surface area contributed by atoms with Crippen molar-refractivity contribution in [3.63, 3.8) is 0 Å². The molecule has 5 nitrogen and oxygen atoms in total. The zero-order valence-corrected chi connectivity index (χ0v) is 16.9. The molecule has 1 aliphatic heterocycles. The van der Waals surface area contributed by atoms with Crippen LogP contribution in [0, 0.1) is 0 Å². The van der Waals surface area contributed by atoms with Gasteiger partial charge in [-0.25, -0.2) is 4.98 Å². The highest BCUT2D eigenvalue weighted by atomic mass is 32.1. The molecule has 2 aromatic carbocycles. The number of hydrogen-bond acceptors (Lipinski definition) is 5. The molecule has 0 atom stereocenters. The van der Waals surface area contributed by atoms with Crippen molar-refractivity contribution in [1.29, 1.82) is 0 Å². The van der Waals surface area contributed by atoms with Gasteiger partial charge in [0.1, 0.15) is 0 Å². The van der Waals surface area contributed by atoms with Crippen molar-refractivity contribution >= 4 is 32.6 Å². The second-order valence-electron chi connectivity index (χ2n) is 6.95. The van der Waals surface area contributed by atoms with E-state index in [1.54, 1.807) is 0 Å². The molecule has 3 aromatic rings. The number of fused-ring (bicyclic) bond motifs is 1. The zero-order chi connectivity index (χ0) is 21.1. The van der Waals surface area contributed by atoms with Crippen LogP contribution in [0.15, 0.2) is 48.5 Å². The van der Waals surface area contributed by atoms with E-state index in [0.717, 1.165) is 35.4 Å². The summed E-state index contributed by atoms with van der Waals surface area (Å²) >= 11 is 1.35. The third-order valence-electron chi connectivity index (χ3n) is 4.94. The van der Waals surface area contributed by atoms with Crippen molar-refractivity contribution < 1.29 is 22.7 Å². The predicted molar refractivity (Wildman–Crippen MR) is 110 cm³/mol. The lowest BCUT2D eigenvalue weighted by molar-refractivity contribution is -0.137. The lowest BCUT2D eigenvalue weighted by Crippen LogP contribution is -2.43. The lowest BCUT2D eigenvalue weighted by atomic mass is 10.1. The Bertz CT molecular complexity index is 999. The molecule has 30 heavy (non-hydrogen) atoms. The maximum absolute atomic E-state index is 13.3. The molecule has 0 aliphatic carbocycles. The first-order chi connectivity index (χ1) is 14.4. The first-order valence-corrected chi connectivity index (χ1v) is 10.4. The van der Waals surface area contributed by atoms with Crippen molar-refractivity contribution in [3.05, 3.63) is 59.7 Å². The van der Waals surface area contributed by atoms with E-state index in [2.05, 4.69) is 9.88 Å². The summed E-state index contributed by atoms with van der Waals surface area (Å²) in [6.45, 7) is 3.68. The van der Waals surface area contributed by atoms with Crippen molar-refractivity contribution in [1.82, 2.24) is 9.88 Å². The summed E-state index contributed by atoms with van der Waals surface area (Å²) in [6, 6.07) is 12.0. The van der Waals surface area contributed by atoms with Crippen LogP contribution in [0.25, 0.3) is 10.2 Å². The van der Waals surface area contributed by atoms with Crippen LogP contribution < -0.4 is 4.90 Å². The number of carbonyl (C=O) groups is 1. The summed E-state index contributed by atoms with van der Waals surface area (Å²) in [7, 11) is 0. The van der Waals surface area contributed by atoms with Crippen molar-refractivity contribution in [2.45, 2.75) is 6.18 Å². The number of aromatic nitrogens is 1. The minimum Gasteiger partial charge on any atom is -0.379 e. The molecule has 1 aromatic heterocycles. The molecular weight excluding hydrogens is 415 g/mol. The van der Waals surface area contributed by atoms with Crippen LogP contribution in [0.3, 0.4) is 0 Å².